The molecule has 0 unspecified atom stereocenters. The first-order valence-electron chi connectivity index (χ1n) is 4.78. The number of nitrogens with zero attached hydrogens (tertiary/aromatic N) is 2. The molecule has 1 N–H and O–H groups in total. The van der Waals surface area contributed by atoms with Gasteiger partial charge in [-0.2, -0.15) is 0 Å². The molecule has 6 heteroatoms. The quantitative estimate of drug-likeness (QED) is 0.725. The molecule has 3 aromatic rings. The summed E-state index contributed by atoms with van der Waals surface area (Å²) in [5, 5.41) is 12.4. The highest BCUT2D eigenvalue weighted by Crippen LogP contribution is 2.23. The summed E-state index contributed by atoms with van der Waals surface area (Å²) in [7, 11) is 0. The normalized spacial score (nSPS) is 10.8. The first-order chi connectivity index (χ1) is 8.24. The summed E-state index contributed by atoms with van der Waals surface area (Å²) in [5.74, 6) is -1.34. The van der Waals surface area contributed by atoms with E-state index >= 15 is 0 Å². The molecule has 0 radical (unpaired) electrons. The van der Waals surface area contributed by atoms with E-state index in [1.165, 1.54) is 12.5 Å². The summed E-state index contributed by atoms with van der Waals surface area (Å²) in [6.45, 7) is 0. The van der Waals surface area contributed by atoms with Crippen molar-refractivity contribution >= 4 is 17.1 Å². The zero-order valence-electron chi connectivity index (χ0n) is 8.45. The SMILES string of the molecule is O=C(O)c1cc(-c2ccc3ocnc3c2)no1. The van der Waals surface area contributed by atoms with Crippen molar-refractivity contribution in [3.05, 3.63) is 36.4 Å². The van der Waals surface area contributed by atoms with Crippen LogP contribution in [0.15, 0.2) is 39.6 Å². The van der Waals surface area contributed by atoms with E-state index < -0.39 is 5.97 Å². The second kappa shape index (κ2) is 3.44. The number of aromatic carboxylic acids is 1. The number of oxazole rings is 1. The molecule has 0 amide bonds. The second-order valence-electron chi connectivity index (χ2n) is 3.42. The van der Waals surface area contributed by atoms with Crippen molar-refractivity contribution in [3.8, 4) is 11.3 Å². The lowest BCUT2D eigenvalue weighted by Gasteiger charge is -1.93. The molecular formula is C11H6N2O4. The number of hydrogen-bond donors (Lipinski definition) is 1. The Labute approximate surface area is 94.5 Å². The number of fused-ring (bicyclic) bond motifs is 1. The minimum Gasteiger partial charge on any atom is -0.475 e. The maximum atomic E-state index is 10.7. The molecular weight excluding hydrogens is 224 g/mol. The van der Waals surface area contributed by atoms with Crippen LogP contribution in [-0.2, 0) is 0 Å². The van der Waals surface area contributed by atoms with E-state index in [4.69, 9.17) is 9.52 Å². The van der Waals surface area contributed by atoms with Gasteiger partial charge in [0.1, 0.15) is 11.2 Å². The van der Waals surface area contributed by atoms with Gasteiger partial charge in [-0.25, -0.2) is 9.78 Å². The van der Waals surface area contributed by atoms with Crippen molar-refractivity contribution < 1.29 is 18.8 Å². The minimum atomic E-state index is -1.15. The molecule has 17 heavy (non-hydrogen) atoms. The first-order valence-corrected chi connectivity index (χ1v) is 4.78. The number of aromatic nitrogens is 2. The number of carboxylic acids is 1. The van der Waals surface area contributed by atoms with Gasteiger partial charge in [-0.05, 0) is 18.2 Å². The fourth-order valence-corrected chi connectivity index (χ4v) is 1.53. The number of carboxylic acid groups (broad SMARTS) is 1. The van der Waals surface area contributed by atoms with Crippen LogP contribution >= 0.6 is 0 Å². The van der Waals surface area contributed by atoms with Gasteiger partial charge in [0.15, 0.2) is 12.0 Å². The Morgan fingerprint density at radius 3 is 2.94 bits per heavy atom. The van der Waals surface area contributed by atoms with Crippen LogP contribution in [0, 0.1) is 0 Å². The molecule has 0 fully saturated rings. The van der Waals surface area contributed by atoms with Crippen LogP contribution in [0.1, 0.15) is 10.6 Å². The Morgan fingerprint density at radius 2 is 2.18 bits per heavy atom. The fraction of sp³-hybridized carbons (Fsp3) is 0. The van der Waals surface area contributed by atoms with Crippen molar-refractivity contribution in [2.24, 2.45) is 0 Å². The zero-order valence-corrected chi connectivity index (χ0v) is 8.45. The Balaban J connectivity index is 2.09. The van der Waals surface area contributed by atoms with Gasteiger partial charge in [0.25, 0.3) is 0 Å². The third-order valence-electron chi connectivity index (χ3n) is 2.35. The third kappa shape index (κ3) is 1.55. The topological polar surface area (TPSA) is 89.4 Å². The maximum Gasteiger partial charge on any atom is 0.374 e. The highest BCUT2D eigenvalue weighted by atomic mass is 16.5. The van der Waals surface area contributed by atoms with Crippen LogP contribution in [0.3, 0.4) is 0 Å². The molecule has 0 saturated heterocycles. The van der Waals surface area contributed by atoms with Gasteiger partial charge in [-0.3, -0.25) is 0 Å². The minimum absolute atomic E-state index is 0.194. The lowest BCUT2D eigenvalue weighted by atomic mass is 10.1. The molecule has 0 bridgehead atoms. The van der Waals surface area contributed by atoms with Crippen molar-refractivity contribution in [1.29, 1.82) is 0 Å². The molecule has 0 saturated carbocycles. The van der Waals surface area contributed by atoms with E-state index in [1.54, 1.807) is 18.2 Å². The predicted octanol–water partition coefficient (Wildman–Crippen LogP) is 2.18. The Bertz CT molecular complexity index is 698. The number of hydrogen-bond acceptors (Lipinski definition) is 5. The Kier molecular flexibility index (Phi) is 1.94. The van der Waals surface area contributed by atoms with Gasteiger partial charge in [0.2, 0.25) is 5.76 Å². The second-order valence-corrected chi connectivity index (χ2v) is 3.42. The lowest BCUT2D eigenvalue weighted by Crippen LogP contribution is -1.91. The predicted molar refractivity (Wildman–Crippen MR) is 56.5 cm³/mol. The standard InChI is InChI=1S/C11H6N2O4/c14-11(15)10-4-7(13-17-10)6-1-2-9-8(3-6)12-5-16-9/h1-5H,(H,14,15). The van der Waals surface area contributed by atoms with Crippen molar-refractivity contribution in [2.45, 2.75) is 0 Å². The van der Waals surface area contributed by atoms with Gasteiger partial charge >= 0.3 is 5.97 Å². The van der Waals surface area contributed by atoms with E-state index in [2.05, 4.69) is 14.7 Å². The molecule has 0 atom stereocenters. The molecule has 84 valence electrons. The molecule has 0 aliphatic heterocycles. The van der Waals surface area contributed by atoms with Crippen LogP contribution in [-0.4, -0.2) is 21.2 Å². The molecule has 0 aliphatic carbocycles. The molecule has 3 rings (SSSR count). The van der Waals surface area contributed by atoms with Crippen molar-refractivity contribution in [1.82, 2.24) is 10.1 Å². The maximum absolute atomic E-state index is 10.7. The monoisotopic (exact) mass is 230 g/mol. The summed E-state index contributed by atoms with van der Waals surface area (Å²) in [5.41, 5.74) is 2.52. The summed E-state index contributed by atoms with van der Waals surface area (Å²) in [6, 6.07) is 6.62. The molecule has 2 heterocycles. The van der Waals surface area contributed by atoms with Crippen LogP contribution in [0.4, 0.5) is 0 Å². The van der Waals surface area contributed by atoms with Crippen molar-refractivity contribution in [3.63, 3.8) is 0 Å². The summed E-state index contributed by atoms with van der Waals surface area (Å²) >= 11 is 0. The third-order valence-corrected chi connectivity index (χ3v) is 2.35. The Hall–Kier alpha value is -2.63. The van der Waals surface area contributed by atoms with Crippen LogP contribution < -0.4 is 0 Å². The van der Waals surface area contributed by atoms with E-state index in [1.807, 2.05) is 0 Å². The number of carbonyl (C=O) groups is 1. The highest BCUT2D eigenvalue weighted by Gasteiger charge is 2.13. The average Bonchev–Trinajstić information content (AvgIpc) is 2.97. The molecule has 0 aliphatic rings. The largest absolute Gasteiger partial charge is 0.475 e. The van der Waals surface area contributed by atoms with Crippen LogP contribution in [0.25, 0.3) is 22.4 Å². The van der Waals surface area contributed by atoms with Crippen LogP contribution in [0.5, 0.6) is 0 Å². The number of rotatable bonds is 2. The van der Waals surface area contributed by atoms with E-state index in [-0.39, 0.29) is 5.76 Å². The van der Waals surface area contributed by atoms with Gasteiger partial charge < -0.3 is 14.0 Å². The Morgan fingerprint density at radius 1 is 1.29 bits per heavy atom. The van der Waals surface area contributed by atoms with Gasteiger partial charge in [0, 0.05) is 11.6 Å². The van der Waals surface area contributed by atoms with Gasteiger partial charge in [-0.1, -0.05) is 5.16 Å². The van der Waals surface area contributed by atoms with E-state index in [9.17, 15) is 4.79 Å². The number of benzene rings is 1. The van der Waals surface area contributed by atoms with E-state index in [0.29, 0.717) is 16.8 Å². The first kappa shape index (κ1) is 9.59. The molecule has 0 spiro atoms. The smallest absolute Gasteiger partial charge is 0.374 e. The summed E-state index contributed by atoms with van der Waals surface area (Å²) in [4.78, 5) is 14.7. The lowest BCUT2D eigenvalue weighted by molar-refractivity contribution is 0.0652. The van der Waals surface area contributed by atoms with Gasteiger partial charge in [0.05, 0.1) is 0 Å². The molecule has 2 aromatic heterocycles. The fourth-order valence-electron chi connectivity index (χ4n) is 1.53. The van der Waals surface area contributed by atoms with E-state index in [0.717, 1.165) is 5.56 Å². The summed E-state index contributed by atoms with van der Waals surface area (Å²) in [6.07, 6.45) is 1.35. The van der Waals surface area contributed by atoms with Crippen molar-refractivity contribution in [2.75, 3.05) is 0 Å². The van der Waals surface area contributed by atoms with Crippen LogP contribution in [0.2, 0.25) is 0 Å². The average molecular weight is 230 g/mol. The summed E-state index contributed by atoms with van der Waals surface area (Å²) < 4.78 is 9.78. The zero-order chi connectivity index (χ0) is 11.8. The highest BCUT2D eigenvalue weighted by molar-refractivity contribution is 5.86. The molecule has 1 aromatic carbocycles. The van der Waals surface area contributed by atoms with Gasteiger partial charge in [-0.15, -0.1) is 0 Å². The molecule has 6 nitrogen and oxygen atoms in total.